The van der Waals surface area contributed by atoms with E-state index >= 15 is 0 Å². The second-order valence-electron chi connectivity index (χ2n) is 7.62. The van der Waals surface area contributed by atoms with Crippen LogP contribution in [0.25, 0.3) is 12.2 Å². The number of ether oxygens (including phenoxy) is 4. The fraction of sp³-hybridized carbons (Fsp3) is 0.172. The van der Waals surface area contributed by atoms with Crippen LogP contribution >= 0.6 is 0 Å². The molecule has 0 aliphatic heterocycles. The summed E-state index contributed by atoms with van der Waals surface area (Å²) < 4.78 is 22.0. The quantitative estimate of drug-likeness (QED) is 0.308. The Morgan fingerprint density at radius 3 is 1.81 bits per heavy atom. The molecule has 7 heteroatoms. The number of benzene rings is 3. The molecule has 3 aromatic rings. The van der Waals surface area contributed by atoms with Crippen LogP contribution in [0.4, 0.5) is 0 Å². The molecule has 0 aliphatic rings. The zero-order chi connectivity index (χ0) is 25.8. The van der Waals surface area contributed by atoms with Gasteiger partial charge in [0.1, 0.15) is 6.10 Å². The smallest absolute Gasteiger partial charge is 0.331 e. The molecule has 1 amide bonds. The summed E-state index contributed by atoms with van der Waals surface area (Å²) in [6, 6.07) is 22.2. The fourth-order valence-electron chi connectivity index (χ4n) is 3.41. The number of esters is 1. The van der Waals surface area contributed by atoms with E-state index in [1.54, 1.807) is 24.3 Å². The number of amides is 1. The van der Waals surface area contributed by atoms with Crippen molar-refractivity contribution in [3.8, 4) is 17.2 Å². The van der Waals surface area contributed by atoms with Gasteiger partial charge in [-0.05, 0) is 35.4 Å². The van der Waals surface area contributed by atoms with Gasteiger partial charge in [-0.15, -0.1) is 0 Å². The van der Waals surface area contributed by atoms with E-state index in [0.29, 0.717) is 22.8 Å². The first-order chi connectivity index (χ1) is 17.5. The monoisotopic (exact) mass is 487 g/mol. The van der Waals surface area contributed by atoms with Gasteiger partial charge in [0.25, 0.3) is 0 Å². The number of nitrogens with one attached hydrogen (secondary N) is 1. The predicted molar refractivity (Wildman–Crippen MR) is 139 cm³/mol. The molecule has 1 N–H and O–H groups in total. The van der Waals surface area contributed by atoms with Crippen molar-refractivity contribution in [2.75, 3.05) is 27.9 Å². The lowest BCUT2D eigenvalue weighted by atomic mass is 10.1. The Morgan fingerprint density at radius 1 is 0.778 bits per heavy atom. The highest BCUT2D eigenvalue weighted by molar-refractivity contribution is 5.91. The SMILES string of the molecule is COc1cc([C@H](CNC(=O)/C=C/c2ccccc2)OC(=O)/C=C/c2ccccc2)cc(OC)c1OC. The lowest BCUT2D eigenvalue weighted by Gasteiger charge is -2.21. The Labute approximate surface area is 211 Å². The van der Waals surface area contributed by atoms with Gasteiger partial charge in [0.05, 0.1) is 27.9 Å². The van der Waals surface area contributed by atoms with E-state index in [4.69, 9.17) is 18.9 Å². The topological polar surface area (TPSA) is 83.1 Å². The summed E-state index contributed by atoms with van der Waals surface area (Å²) in [6.45, 7) is 0.0293. The molecule has 0 saturated heterocycles. The Hall–Kier alpha value is -4.52. The normalized spacial score (nSPS) is 11.8. The highest BCUT2D eigenvalue weighted by Crippen LogP contribution is 2.40. The molecule has 1 atom stereocenters. The van der Waals surface area contributed by atoms with Crippen molar-refractivity contribution >= 4 is 24.0 Å². The van der Waals surface area contributed by atoms with Gasteiger partial charge in [-0.1, -0.05) is 60.7 Å². The number of carbonyl (C=O) groups excluding carboxylic acids is 2. The summed E-state index contributed by atoms with van der Waals surface area (Å²) in [4.78, 5) is 25.1. The first-order valence-corrected chi connectivity index (χ1v) is 11.3. The molecule has 0 heterocycles. The summed E-state index contributed by atoms with van der Waals surface area (Å²) in [5.74, 6) is 0.331. The molecule has 0 unspecified atom stereocenters. The van der Waals surface area contributed by atoms with Crippen molar-refractivity contribution in [3.05, 3.63) is 102 Å². The average Bonchev–Trinajstić information content (AvgIpc) is 2.93. The molecule has 3 aromatic carbocycles. The summed E-state index contributed by atoms with van der Waals surface area (Å²) in [6.07, 6.45) is 5.32. The Balaban J connectivity index is 1.81. The van der Waals surface area contributed by atoms with E-state index in [2.05, 4.69) is 5.32 Å². The molecule has 0 aliphatic carbocycles. The van der Waals surface area contributed by atoms with Crippen molar-refractivity contribution < 1.29 is 28.5 Å². The zero-order valence-corrected chi connectivity index (χ0v) is 20.5. The van der Waals surface area contributed by atoms with E-state index < -0.39 is 12.1 Å². The number of methoxy groups -OCH3 is 3. The summed E-state index contributed by atoms with van der Waals surface area (Å²) >= 11 is 0. The first kappa shape index (κ1) is 26.1. The van der Waals surface area contributed by atoms with Crippen molar-refractivity contribution in [1.29, 1.82) is 0 Å². The second kappa shape index (κ2) is 13.4. The van der Waals surface area contributed by atoms with E-state index in [1.165, 1.54) is 33.5 Å². The minimum Gasteiger partial charge on any atom is -0.493 e. The van der Waals surface area contributed by atoms with Crippen LogP contribution in [0.3, 0.4) is 0 Å². The van der Waals surface area contributed by atoms with Crippen molar-refractivity contribution in [3.63, 3.8) is 0 Å². The van der Waals surface area contributed by atoms with E-state index in [0.717, 1.165) is 11.1 Å². The molecule has 0 bridgehead atoms. The molecule has 0 saturated carbocycles. The summed E-state index contributed by atoms with van der Waals surface area (Å²) in [7, 11) is 4.51. The maximum Gasteiger partial charge on any atom is 0.331 e. The number of hydrogen-bond donors (Lipinski definition) is 1. The van der Waals surface area contributed by atoms with Gasteiger partial charge in [-0.25, -0.2) is 4.79 Å². The number of hydrogen-bond acceptors (Lipinski definition) is 6. The molecule has 186 valence electrons. The van der Waals surface area contributed by atoms with E-state index in [-0.39, 0.29) is 12.5 Å². The molecular weight excluding hydrogens is 458 g/mol. The summed E-state index contributed by atoms with van der Waals surface area (Å²) in [5.41, 5.74) is 2.32. The molecule has 7 nitrogen and oxygen atoms in total. The van der Waals surface area contributed by atoms with Gasteiger partial charge in [0.15, 0.2) is 11.5 Å². The van der Waals surface area contributed by atoms with Crippen LogP contribution in [-0.2, 0) is 14.3 Å². The van der Waals surface area contributed by atoms with Crippen LogP contribution in [0.5, 0.6) is 17.2 Å². The Morgan fingerprint density at radius 2 is 1.31 bits per heavy atom. The Kier molecular flexibility index (Phi) is 9.70. The predicted octanol–water partition coefficient (Wildman–Crippen LogP) is 4.84. The van der Waals surface area contributed by atoms with Gasteiger partial charge < -0.3 is 24.3 Å². The highest BCUT2D eigenvalue weighted by atomic mass is 16.5. The zero-order valence-electron chi connectivity index (χ0n) is 20.5. The maximum absolute atomic E-state index is 12.7. The third-order valence-electron chi connectivity index (χ3n) is 5.22. The Bertz CT molecular complexity index is 1180. The van der Waals surface area contributed by atoms with E-state index in [1.807, 2.05) is 60.7 Å². The van der Waals surface area contributed by atoms with Crippen LogP contribution in [-0.4, -0.2) is 39.8 Å². The summed E-state index contributed by atoms with van der Waals surface area (Å²) in [5, 5.41) is 2.79. The van der Waals surface area contributed by atoms with Crippen molar-refractivity contribution in [1.82, 2.24) is 5.32 Å². The minimum atomic E-state index is -0.819. The van der Waals surface area contributed by atoms with Crippen LogP contribution in [0.15, 0.2) is 84.9 Å². The minimum absolute atomic E-state index is 0.0293. The van der Waals surface area contributed by atoms with Crippen LogP contribution in [0.1, 0.15) is 22.8 Å². The molecule has 0 fully saturated rings. The average molecular weight is 488 g/mol. The molecule has 3 rings (SSSR count). The van der Waals surface area contributed by atoms with Crippen molar-refractivity contribution in [2.45, 2.75) is 6.10 Å². The lowest BCUT2D eigenvalue weighted by molar-refractivity contribution is -0.143. The molecule has 36 heavy (non-hydrogen) atoms. The van der Waals surface area contributed by atoms with Gasteiger partial charge in [0.2, 0.25) is 11.7 Å². The highest BCUT2D eigenvalue weighted by Gasteiger charge is 2.22. The number of carbonyl (C=O) groups is 2. The first-order valence-electron chi connectivity index (χ1n) is 11.3. The molecule has 0 spiro atoms. The molecule has 0 aromatic heterocycles. The maximum atomic E-state index is 12.7. The van der Waals surface area contributed by atoms with Gasteiger partial charge in [-0.2, -0.15) is 0 Å². The van der Waals surface area contributed by atoms with Crippen LogP contribution in [0.2, 0.25) is 0 Å². The molecule has 0 radical (unpaired) electrons. The van der Waals surface area contributed by atoms with Crippen LogP contribution < -0.4 is 19.5 Å². The van der Waals surface area contributed by atoms with Gasteiger partial charge in [0, 0.05) is 17.7 Å². The lowest BCUT2D eigenvalue weighted by Crippen LogP contribution is -2.29. The molecular formula is C29H29NO6. The third kappa shape index (κ3) is 7.50. The number of rotatable bonds is 11. The van der Waals surface area contributed by atoms with Crippen molar-refractivity contribution in [2.24, 2.45) is 0 Å². The second-order valence-corrected chi connectivity index (χ2v) is 7.62. The third-order valence-corrected chi connectivity index (χ3v) is 5.22. The fourth-order valence-corrected chi connectivity index (χ4v) is 3.41. The standard InChI is InChI=1S/C29H29NO6/c1-33-24-18-23(19-25(34-2)29(24)35-3)26(36-28(32)17-15-22-12-8-5-9-13-22)20-30-27(31)16-14-21-10-6-4-7-11-21/h4-19,26H,20H2,1-3H3,(H,30,31)/b16-14+,17-15+/t26-/m0/s1. The van der Waals surface area contributed by atoms with E-state index in [9.17, 15) is 9.59 Å². The van der Waals surface area contributed by atoms with Crippen LogP contribution in [0, 0.1) is 0 Å². The van der Waals surface area contributed by atoms with Gasteiger partial charge in [-0.3, -0.25) is 4.79 Å². The largest absolute Gasteiger partial charge is 0.493 e. The van der Waals surface area contributed by atoms with Gasteiger partial charge >= 0.3 is 5.97 Å².